The lowest BCUT2D eigenvalue weighted by molar-refractivity contribution is 0.439. The molecule has 2 aromatic rings. The van der Waals surface area contributed by atoms with Crippen molar-refractivity contribution < 1.29 is 9.13 Å². The summed E-state index contributed by atoms with van der Waals surface area (Å²) in [6.07, 6.45) is 0. The summed E-state index contributed by atoms with van der Waals surface area (Å²) >= 11 is 9.37. The molecule has 0 aliphatic heterocycles. The summed E-state index contributed by atoms with van der Waals surface area (Å²) in [5, 5.41) is 9.63. The second kappa shape index (κ2) is 6.05. The van der Waals surface area contributed by atoms with Gasteiger partial charge < -0.3 is 4.74 Å². The lowest BCUT2D eigenvalue weighted by atomic mass is 10.2. The van der Waals surface area contributed by atoms with E-state index < -0.39 is 5.82 Å². The van der Waals surface area contributed by atoms with Gasteiger partial charge >= 0.3 is 0 Å². The van der Waals surface area contributed by atoms with Crippen LogP contribution in [0.3, 0.4) is 0 Å². The van der Waals surface area contributed by atoms with Gasteiger partial charge in [0.2, 0.25) is 0 Å². The Morgan fingerprint density at radius 3 is 2.74 bits per heavy atom. The fourth-order valence-corrected chi connectivity index (χ4v) is 2.21. The van der Waals surface area contributed by atoms with E-state index >= 15 is 0 Å². The van der Waals surface area contributed by atoms with Gasteiger partial charge in [-0.2, -0.15) is 5.26 Å². The first-order chi connectivity index (χ1) is 9.15. The topological polar surface area (TPSA) is 33.0 Å². The summed E-state index contributed by atoms with van der Waals surface area (Å²) < 4.78 is 19.3. The molecule has 0 radical (unpaired) electrons. The molecule has 0 aromatic heterocycles. The summed E-state index contributed by atoms with van der Waals surface area (Å²) in [6.45, 7) is 0. The van der Waals surface area contributed by atoms with Gasteiger partial charge in [-0.15, -0.1) is 0 Å². The molecule has 0 atom stereocenters. The summed E-state index contributed by atoms with van der Waals surface area (Å²) in [5.74, 6) is -0.154. The molecule has 0 aliphatic rings. The van der Waals surface area contributed by atoms with Crippen molar-refractivity contribution in [3.63, 3.8) is 0 Å². The number of alkyl halides is 1. The first kappa shape index (κ1) is 13.9. The van der Waals surface area contributed by atoms with E-state index in [1.807, 2.05) is 12.1 Å². The molecule has 0 saturated carbocycles. The molecule has 5 heteroatoms. The maximum Gasteiger partial charge on any atom is 0.167 e. The number of halogens is 3. The Morgan fingerprint density at radius 2 is 2.11 bits per heavy atom. The number of rotatable bonds is 3. The molecule has 0 bridgehead atoms. The van der Waals surface area contributed by atoms with E-state index in [0.29, 0.717) is 16.1 Å². The quantitative estimate of drug-likeness (QED) is 0.733. The monoisotopic (exact) mass is 339 g/mol. The lowest BCUT2D eigenvalue weighted by Crippen LogP contribution is -1.93. The summed E-state index contributed by atoms with van der Waals surface area (Å²) in [6, 6.07) is 11.2. The number of hydrogen-bond acceptors (Lipinski definition) is 2. The van der Waals surface area contributed by atoms with Crippen LogP contribution in [0.4, 0.5) is 4.39 Å². The van der Waals surface area contributed by atoms with Gasteiger partial charge in [0.05, 0.1) is 16.7 Å². The number of nitrogens with zero attached hydrogens (tertiary/aromatic N) is 1. The molecular weight excluding hydrogens is 333 g/mol. The molecule has 96 valence electrons. The van der Waals surface area contributed by atoms with E-state index in [0.717, 1.165) is 11.6 Å². The Bertz CT molecular complexity index is 654. The predicted molar refractivity (Wildman–Crippen MR) is 75.3 cm³/mol. The molecule has 2 rings (SSSR count). The first-order valence-corrected chi connectivity index (χ1v) is 6.86. The lowest BCUT2D eigenvalue weighted by Gasteiger charge is -2.12. The van der Waals surface area contributed by atoms with Crippen LogP contribution < -0.4 is 4.74 Å². The van der Waals surface area contributed by atoms with Crippen LogP contribution >= 0.6 is 27.5 Å². The van der Waals surface area contributed by atoms with E-state index in [9.17, 15) is 4.39 Å². The maximum absolute atomic E-state index is 13.8. The van der Waals surface area contributed by atoms with Crippen LogP contribution in [0.25, 0.3) is 0 Å². The molecule has 0 amide bonds. The Morgan fingerprint density at radius 1 is 1.32 bits per heavy atom. The Hall–Kier alpha value is -1.57. The van der Waals surface area contributed by atoms with Crippen LogP contribution in [0.15, 0.2) is 36.4 Å². The average Bonchev–Trinajstić information content (AvgIpc) is 2.42. The van der Waals surface area contributed by atoms with Gasteiger partial charge in [0.1, 0.15) is 5.75 Å². The number of para-hydroxylation sites is 1. The standard InChI is InChI=1S/C14H8BrClFNO/c15-7-10-2-1-3-11(16)14(10)19-13-5-4-9(8-18)6-12(13)17/h1-6H,7H2. The van der Waals surface area contributed by atoms with Crippen molar-refractivity contribution in [1.29, 1.82) is 5.26 Å². The van der Waals surface area contributed by atoms with Crippen LogP contribution in [0, 0.1) is 17.1 Å². The zero-order valence-electron chi connectivity index (χ0n) is 9.66. The minimum Gasteiger partial charge on any atom is -0.452 e. The van der Waals surface area contributed by atoms with Gasteiger partial charge in [-0.25, -0.2) is 4.39 Å². The number of ether oxygens (including phenoxy) is 1. The van der Waals surface area contributed by atoms with Gasteiger partial charge in [-0.3, -0.25) is 0 Å². The van der Waals surface area contributed by atoms with Crippen LogP contribution in [-0.2, 0) is 5.33 Å². The third-order valence-electron chi connectivity index (χ3n) is 2.47. The zero-order valence-corrected chi connectivity index (χ0v) is 12.0. The van der Waals surface area contributed by atoms with Gasteiger partial charge in [0.25, 0.3) is 0 Å². The molecule has 2 nitrogen and oxygen atoms in total. The highest BCUT2D eigenvalue weighted by Crippen LogP contribution is 2.35. The highest BCUT2D eigenvalue weighted by molar-refractivity contribution is 9.08. The molecule has 19 heavy (non-hydrogen) atoms. The van der Waals surface area contributed by atoms with E-state index in [1.165, 1.54) is 12.1 Å². The molecule has 0 saturated heterocycles. The van der Waals surface area contributed by atoms with Crippen molar-refractivity contribution in [3.8, 4) is 17.6 Å². The highest BCUT2D eigenvalue weighted by atomic mass is 79.9. The Kier molecular flexibility index (Phi) is 4.41. The third-order valence-corrected chi connectivity index (χ3v) is 3.37. The van der Waals surface area contributed by atoms with Crippen molar-refractivity contribution >= 4 is 27.5 Å². The van der Waals surface area contributed by atoms with Crippen LogP contribution in [0.2, 0.25) is 5.02 Å². The molecule has 0 N–H and O–H groups in total. The van der Waals surface area contributed by atoms with Crippen molar-refractivity contribution in [2.75, 3.05) is 0 Å². The van der Waals surface area contributed by atoms with Gasteiger partial charge in [-0.05, 0) is 24.3 Å². The van der Waals surface area contributed by atoms with Crippen LogP contribution in [0.5, 0.6) is 11.5 Å². The van der Waals surface area contributed by atoms with E-state index in [2.05, 4.69) is 15.9 Å². The zero-order chi connectivity index (χ0) is 13.8. The highest BCUT2D eigenvalue weighted by Gasteiger charge is 2.12. The fourth-order valence-electron chi connectivity index (χ4n) is 1.54. The second-order valence-corrected chi connectivity index (χ2v) is 4.69. The summed E-state index contributed by atoms with van der Waals surface area (Å²) in [4.78, 5) is 0. The fraction of sp³-hybridized carbons (Fsp3) is 0.0714. The molecule has 0 unspecified atom stereocenters. The van der Waals surface area contributed by atoms with Crippen molar-refractivity contribution in [2.45, 2.75) is 5.33 Å². The van der Waals surface area contributed by atoms with Crippen molar-refractivity contribution in [1.82, 2.24) is 0 Å². The van der Waals surface area contributed by atoms with E-state index in [-0.39, 0.29) is 11.3 Å². The molecular formula is C14H8BrClFNO. The smallest absolute Gasteiger partial charge is 0.167 e. The second-order valence-electron chi connectivity index (χ2n) is 3.72. The normalized spacial score (nSPS) is 10.0. The SMILES string of the molecule is N#Cc1ccc(Oc2c(Cl)cccc2CBr)c(F)c1. The predicted octanol–water partition coefficient (Wildman–Crippen LogP) is 5.04. The van der Waals surface area contributed by atoms with Gasteiger partial charge in [0, 0.05) is 10.9 Å². The largest absolute Gasteiger partial charge is 0.452 e. The van der Waals surface area contributed by atoms with Crippen LogP contribution in [-0.4, -0.2) is 0 Å². The molecule has 0 heterocycles. The summed E-state index contributed by atoms with van der Waals surface area (Å²) in [7, 11) is 0. The molecule has 0 fully saturated rings. The molecule has 0 aliphatic carbocycles. The number of nitriles is 1. The Labute approximate surface area is 123 Å². The Balaban J connectivity index is 2.39. The average molecular weight is 341 g/mol. The van der Waals surface area contributed by atoms with E-state index in [1.54, 1.807) is 12.1 Å². The number of hydrogen-bond donors (Lipinski definition) is 0. The van der Waals surface area contributed by atoms with Crippen molar-refractivity contribution in [3.05, 3.63) is 58.4 Å². The first-order valence-electron chi connectivity index (χ1n) is 5.36. The van der Waals surface area contributed by atoms with Gasteiger partial charge in [-0.1, -0.05) is 39.7 Å². The van der Waals surface area contributed by atoms with Gasteiger partial charge in [0.15, 0.2) is 11.6 Å². The van der Waals surface area contributed by atoms with Crippen LogP contribution in [0.1, 0.15) is 11.1 Å². The van der Waals surface area contributed by atoms with Crippen molar-refractivity contribution in [2.24, 2.45) is 0 Å². The minimum atomic E-state index is -0.598. The minimum absolute atomic E-state index is 0.0364. The molecule has 2 aromatic carbocycles. The molecule has 0 spiro atoms. The van der Waals surface area contributed by atoms with E-state index in [4.69, 9.17) is 21.6 Å². The number of benzene rings is 2. The summed E-state index contributed by atoms with van der Waals surface area (Å²) in [5.41, 5.74) is 1.06. The maximum atomic E-state index is 13.8. The third kappa shape index (κ3) is 3.06.